The second-order valence-electron chi connectivity index (χ2n) is 14.8. The molecule has 24 heteroatoms. The van der Waals surface area contributed by atoms with Crippen molar-refractivity contribution >= 4 is 45.3 Å². The van der Waals surface area contributed by atoms with Crippen LogP contribution >= 0.6 is 21.6 Å². The van der Waals surface area contributed by atoms with Crippen molar-refractivity contribution < 1.29 is 94.5 Å². The zero-order chi connectivity index (χ0) is 44.7. The average Bonchev–Trinajstić information content (AvgIpc) is 3.78. The molecule has 0 aliphatic carbocycles. The summed E-state index contributed by atoms with van der Waals surface area (Å²) < 4.78 is 33.0. The van der Waals surface area contributed by atoms with Crippen LogP contribution in [0.3, 0.4) is 0 Å². The maximum absolute atomic E-state index is 12.8. The van der Waals surface area contributed by atoms with E-state index in [2.05, 4.69) is 15.6 Å². The second kappa shape index (κ2) is 25.3. The maximum Gasteiger partial charge on any atom is 0.364 e. The van der Waals surface area contributed by atoms with Gasteiger partial charge in [-0.2, -0.15) is 0 Å². The predicted molar refractivity (Wildman–Crippen MR) is 219 cm³/mol. The fourth-order valence-corrected chi connectivity index (χ4v) is 9.99. The van der Waals surface area contributed by atoms with Crippen molar-refractivity contribution in [2.75, 3.05) is 63.2 Å². The van der Waals surface area contributed by atoms with Gasteiger partial charge in [-0.1, -0.05) is 34.1 Å². The molecular formula is C37H61N3O19S2. The van der Waals surface area contributed by atoms with Crippen molar-refractivity contribution in [2.45, 2.75) is 129 Å². The van der Waals surface area contributed by atoms with Crippen LogP contribution in [0.15, 0.2) is 29.3 Å². The van der Waals surface area contributed by atoms with E-state index in [4.69, 9.17) is 28.4 Å². The van der Waals surface area contributed by atoms with Gasteiger partial charge in [-0.05, 0) is 37.5 Å². The number of carboxylic acid groups (broad SMARTS) is 1. The van der Waals surface area contributed by atoms with Crippen molar-refractivity contribution in [1.82, 2.24) is 0 Å². The lowest BCUT2D eigenvalue weighted by Gasteiger charge is -2.49. The summed E-state index contributed by atoms with van der Waals surface area (Å²) in [6.07, 6.45) is -21.1. The first-order chi connectivity index (χ1) is 29.2. The van der Waals surface area contributed by atoms with E-state index in [-0.39, 0.29) is 13.3 Å². The minimum absolute atomic E-state index is 0.265. The standard InChI is InChI=1S/C37H61N3O19S2/c1-54-17-40-27-22(44)12-37(36(52)53,58-33(27)29(49)24(46)14-41)59-34-30(50)26(16-43)56-35(31(34)51)57-32(25(47)15-42)28(48)23(45)13-38-19-5-4-6-20(11-19)39-18-55-9-3-2-7-21-8-10-60-61-21/h4-6,11,17,21-35,38-39,41-51H,2-3,7-10,12-16,18H2,1H3,(H,52,53). The topological polar surface area (TPSA) is 352 Å². The minimum atomic E-state index is -3.02. The highest BCUT2D eigenvalue weighted by Crippen LogP contribution is 2.40. The Bertz CT molecular complexity index is 1470. The molecular weight excluding hydrogens is 855 g/mol. The number of nitrogens with zero attached hydrogens (tertiary/aromatic N) is 1. The molecule has 3 saturated heterocycles. The monoisotopic (exact) mass is 915 g/mol. The Morgan fingerprint density at radius 2 is 1.74 bits per heavy atom. The van der Waals surface area contributed by atoms with Crippen molar-refractivity contribution in [3.63, 3.8) is 0 Å². The number of aliphatic hydroxyl groups is 11. The van der Waals surface area contributed by atoms with Gasteiger partial charge in [-0.15, -0.1) is 0 Å². The second-order valence-corrected chi connectivity index (χ2v) is 17.6. The number of aliphatic carboxylic acids is 1. The number of hydrogen-bond acceptors (Lipinski definition) is 23. The van der Waals surface area contributed by atoms with Gasteiger partial charge in [0.25, 0.3) is 5.79 Å². The highest BCUT2D eigenvalue weighted by Gasteiger charge is 2.59. The number of methoxy groups -OCH3 is 1. The number of carboxylic acids is 1. The van der Waals surface area contributed by atoms with Gasteiger partial charge in [-0.3, -0.25) is 0 Å². The highest BCUT2D eigenvalue weighted by atomic mass is 33.1. The lowest BCUT2D eigenvalue weighted by atomic mass is 9.88. The molecule has 0 amide bonds. The Labute approximate surface area is 360 Å². The van der Waals surface area contributed by atoms with E-state index in [1.165, 1.54) is 25.7 Å². The number of rotatable bonds is 26. The van der Waals surface area contributed by atoms with Gasteiger partial charge in [0.05, 0.1) is 39.1 Å². The van der Waals surface area contributed by atoms with Crippen molar-refractivity contribution in [3.05, 3.63) is 24.3 Å². The van der Waals surface area contributed by atoms with Crippen molar-refractivity contribution in [2.24, 2.45) is 4.99 Å². The summed E-state index contributed by atoms with van der Waals surface area (Å²) in [5, 5.41) is 134. The van der Waals surface area contributed by atoms with Crippen LogP contribution in [0.25, 0.3) is 0 Å². The van der Waals surface area contributed by atoms with E-state index in [0.717, 1.165) is 24.5 Å². The van der Waals surface area contributed by atoms with Crippen LogP contribution in [0.2, 0.25) is 0 Å². The van der Waals surface area contributed by atoms with Crippen LogP contribution < -0.4 is 10.6 Å². The summed E-state index contributed by atoms with van der Waals surface area (Å²) in [5.41, 5.74) is 1.22. The third-order valence-corrected chi connectivity index (χ3v) is 13.4. The number of carbonyl (C=O) groups is 1. The molecule has 1 aromatic rings. The molecule has 16 unspecified atom stereocenters. The summed E-state index contributed by atoms with van der Waals surface area (Å²) in [5.74, 6) is -3.77. The van der Waals surface area contributed by atoms with Crippen LogP contribution in [0.5, 0.6) is 0 Å². The molecule has 3 fully saturated rings. The summed E-state index contributed by atoms with van der Waals surface area (Å²) >= 11 is 0. The fraction of sp³-hybridized carbons (Fsp3) is 0.784. The zero-order valence-electron chi connectivity index (χ0n) is 33.5. The molecule has 3 aliphatic rings. The molecule has 1 aromatic carbocycles. The molecule has 0 spiro atoms. The first-order valence-electron chi connectivity index (χ1n) is 19.8. The van der Waals surface area contributed by atoms with Gasteiger partial charge in [0.15, 0.2) is 12.7 Å². The number of benzene rings is 1. The summed E-state index contributed by atoms with van der Waals surface area (Å²) in [6.45, 7) is -2.50. The minimum Gasteiger partial charge on any atom is -0.487 e. The number of ether oxygens (including phenoxy) is 6. The van der Waals surface area contributed by atoms with Crippen LogP contribution in [0.4, 0.5) is 11.4 Å². The molecule has 0 bridgehead atoms. The lowest BCUT2D eigenvalue weighted by Crippen LogP contribution is -2.68. The molecule has 0 saturated carbocycles. The molecule has 16 atom stereocenters. The van der Waals surface area contributed by atoms with Crippen LogP contribution in [0.1, 0.15) is 32.1 Å². The van der Waals surface area contributed by atoms with E-state index in [9.17, 15) is 66.1 Å². The molecule has 0 aromatic heterocycles. The Balaban J connectivity index is 1.42. The number of aliphatic imine (C=N–C) groups is 1. The van der Waals surface area contributed by atoms with Gasteiger partial charge in [0.2, 0.25) is 0 Å². The van der Waals surface area contributed by atoms with E-state index >= 15 is 0 Å². The molecule has 350 valence electrons. The first-order valence-corrected chi connectivity index (χ1v) is 22.2. The van der Waals surface area contributed by atoms with E-state index < -0.39 is 124 Å². The summed E-state index contributed by atoms with van der Waals surface area (Å²) in [6, 6.07) is 5.46. The van der Waals surface area contributed by atoms with Gasteiger partial charge < -0.3 is 100 Å². The number of unbranched alkanes of at least 4 members (excludes halogenated alkanes) is 1. The average molecular weight is 916 g/mol. The number of hydrogen-bond donors (Lipinski definition) is 14. The maximum atomic E-state index is 12.8. The summed E-state index contributed by atoms with van der Waals surface area (Å²) in [4.78, 5) is 16.7. The molecule has 22 nitrogen and oxygen atoms in total. The molecule has 14 N–H and O–H groups in total. The predicted octanol–water partition coefficient (Wildman–Crippen LogP) is -3.22. The van der Waals surface area contributed by atoms with E-state index in [0.29, 0.717) is 18.0 Å². The van der Waals surface area contributed by atoms with E-state index in [1.54, 1.807) is 24.3 Å². The molecule has 61 heavy (non-hydrogen) atoms. The lowest BCUT2D eigenvalue weighted by molar-refractivity contribution is -0.376. The van der Waals surface area contributed by atoms with Crippen LogP contribution in [-0.2, 0) is 33.2 Å². The summed E-state index contributed by atoms with van der Waals surface area (Å²) in [7, 11) is 5.09. The molecule has 0 radical (unpaired) electrons. The Morgan fingerprint density at radius 3 is 2.38 bits per heavy atom. The Morgan fingerprint density at radius 1 is 1.02 bits per heavy atom. The Kier molecular flexibility index (Phi) is 21.4. The van der Waals surface area contributed by atoms with Gasteiger partial charge in [-0.25, -0.2) is 9.79 Å². The van der Waals surface area contributed by atoms with Crippen LogP contribution in [0, 0.1) is 0 Å². The SMILES string of the molecule is COC=NC1C(O)CC(OC2C(O)C(CO)OC(OC(C(O)CO)C(O)C(O)CNc3cccc(NCOCCCCC4CCSS4)c3)C2O)(C(=O)O)OC1C(O)C(O)CO. The number of anilines is 2. The molecule has 3 aliphatic heterocycles. The van der Waals surface area contributed by atoms with Crippen LogP contribution in [-0.4, -0.2) is 223 Å². The normalized spacial score (nSPS) is 32.5. The van der Waals surface area contributed by atoms with Gasteiger partial charge in [0, 0.05) is 42.0 Å². The number of aliphatic hydroxyl groups excluding tert-OH is 11. The zero-order valence-corrected chi connectivity index (χ0v) is 35.2. The first kappa shape index (κ1) is 51.5. The third-order valence-electron chi connectivity index (χ3n) is 10.4. The molecule has 3 heterocycles. The smallest absolute Gasteiger partial charge is 0.364 e. The quantitative estimate of drug-likeness (QED) is 0.0143. The van der Waals surface area contributed by atoms with E-state index in [1.807, 2.05) is 21.6 Å². The molecule has 4 rings (SSSR count). The van der Waals surface area contributed by atoms with Gasteiger partial charge >= 0.3 is 5.97 Å². The van der Waals surface area contributed by atoms with Crippen molar-refractivity contribution in [3.8, 4) is 0 Å². The van der Waals surface area contributed by atoms with Gasteiger partial charge in [0.1, 0.15) is 73.8 Å². The third kappa shape index (κ3) is 14.2. The van der Waals surface area contributed by atoms with Crippen molar-refractivity contribution in [1.29, 1.82) is 0 Å². The Hall–Kier alpha value is -2.18. The fourth-order valence-electron chi connectivity index (χ4n) is 6.96. The number of nitrogens with one attached hydrogen (secondary N) is 2. The largest absolute Gasteiger partial charge is 0.487 e. The highest BCUT2D eigenvalue weighted by molar-refractivity contribution is 8.77.